The van der Waals surface area contributed by atoms with E-state index in [0.717, 1.165) is 25.0 Å². The number of hydrogen-bond acceptors (Lipinski definition) is 6. The third-order valence-corrected chi connectivity index (χ3v) is 3.97. The predicted molar refractivity (Wildman–Crippen MR) is 92.4 cm³/mol. The van der Waals surface area contributed by atoms with Crippen LogP contribution in [0.2, 0.25) is 0 Å². The summed E-state index contributed by atoms with van der Waals surface area (Å²) in [5, 5.41) is 0. The van der Waals surface area contributed by atoms with Crippen LogP contribution < -0.4 is 0 Å². The van der Waals surface area contributed by atoms with E-state index in [2.05, 4.69) is 0 Å². The Morgan fingerprint density at radius 1 is 0.920 bits per heavy atom. The molecule has 7 nitrogen and oxygen atoms in total. The molecular weight excluding hydrogens is 376 g/mol. The van der Waals surface area contributed by atoms with Gasteiger partial charge in [0.15, 0.2) is 0 Å². The van der Waals surface area contributed by atoms with Crippen molar-refractivity contribution in [1.82, 2.24) is 0 Å². The Bertz CT molecular complexity index is 645. The Morgan fingerprint density at radius 3 is 1.64 bits per heavy atom. The molecule has 1 aromatic carbocycles. The molecule has 0 aliphatic heterocycles. The summed E-state index contributed by atoms with van der Waals surface area (Å²) in [5.41, 5.74) is -0.271. The normalized spacial score (nSPS) is 10.7. The van der Waals surface area contributed by atoms with Crippen molar-refractivity contribution in [2.24, 2.45) is 0 Å². The summed E-state index contributed by atoms with van der Waals surface area (Å²) in [6.45, 7) is 4.22. The van der Waals surface area contributed by atoms with Crippen LogP contribution in [0.5, 0.6) is 0 Å². The first-order chi connectivity index (χ1) is 11.3. The first kappa shape index (κ1) is 24.3. The molecule has 0 saturated carbocycles. The van der Waals surface area contributed by atoms with Crippen LogP contribution in [0.25, 0.3) is 0 Å². The second-order valence-corrected chi connectivity index (χ2v) is 6.62. The number of carbonyl (C=O) groups is 2. The standard InChI is InChI=1S/C16H22O7S.Ca/c1-3-5-7-22-15(17)12-9-13(16(18)23-8-6-4-2)11-14(10-12)24(19,20)21;/h9-11H,3-8H2,1-2H3,(H,19,20,21);/q;+2. The molecule has 1 aromatic rings. The van der Waals surface area contributed by atoms with Crippen molar-refractivity contribution in [2.45, 2.75) is 44.4 Å². The van der Waals surface area contributed by atoms with Gasteiger partial charge in [-0.15, -0.1) is 0 Å². The van der Waals surface area contributed by atoms with Gasteiger partial charge >= 0.3 is 49.7 Å². The van der Waals surface area contributed by atoms with Crippen molar-refractivity contribution in [3.63, 3.8) is 0 Å². The van der Waals surface area contributed by atoms with E-state index in [4.69, 9.17) is 9.47 Å². The Kier molecular flexibility index (Phi) is 11.5. The van der Waals surface area contributed by atoms with Crippen molar-refractivity contribution < 1.29 is 32.0 Å². The molecule has 0 aliphatic carbocycles. The van der Waals surface area contributed by atoms with Gasteiger partial charge in [-0.25, -0.2) is 9.59 Å². The quantitative estimate of drug-likeness (QED) is 0.295. The maximum absolute atomic E-state index is 12.0. The molecule has 0 aromatic heterocycles. The molecular formula is C16H22CaO7S+2. The first-order valence-electron chi connectivity index (χ1n) is 7.76. The molecule has 9 heteroatoms. The van der Waals surface area contributed by atoms with E-state index in [1.807, 2.05) is 13.8 Å². The van der Waals surface area contributed by atoms with Gasteiger partial charge in [-0.3, -0.25) is 4.55 Å². The minimum Gasteiger partial charge on any atom is -0.462 e. The zero-order valence-electron chi connectivity index (χ0n) is 14.5. The van der Waals surface area contributed by atoms with Crippen LogP contribution in [-0.2, 0) is 19.6 Å². The van der Waals surface area contributed by atoms with Gasteiger partial charge in [0.25, 0.3) is 10.1 Å². The molecule has 25 heavy (non-hydrogen) atoms. The molecule has 0 saturated heterocycles. The average molecular weight is 398 g/mol. The Hall–Kier alpha value is -0.670. The molecule has 0 amide bonds. The maximum atomic E-state index is 12.0. The van der Waals surface area contributed by atoms with E-state index < -0.39 is 27.0 Å². The van der Waals surface area contributed by atoms with E-state index in [1.165, 1.54) is 6.07 Å². The third kappa shape index (κ3) is 8.50. The van der Waals surface area contributed by atoms with Gasteiger partial charge in [0.05, 0.1) is 29.2 Å². The third-order valence-electron chi connectivity index (χ3n) is 3.14. The summed E-state index contributed by atoms with van der Waals surface area (Å²) >= 11 is 0. The summed E-state index contributed by atoms with van der Waals surface area (Å²) < 4.78 is 41.9. The maximum Gasteiger partial charge on any atom is 2.00 e. The van der Waals surface area contributed by atoms with E-state index in [1.54, 1.807) is 0 Å². The van der Waals surface area contributed by atoms with E-state index in [9.17, 15) is 22.6 Å². The summed E-state index contributed by atoms with van der Waals surface area (Å²) in [5.74, 6) is -1.53. The molecule has 0 bridgehead atoms. The van der Waals surface area contributed by atoms with Gasteiger partial charge in [-0.2, -0.15) is 8.42 Å². The van der Waals surface area contributed by atoms with Crippen LogP contribution in [0.15, 0.2) is 23.1 Å². The number of unbranched alkanes of at least 4 members (excludes halogenated alkanes) is 2. The SMILES string of the molecule is CCCCOC(=O)c1cc(C(=O)OCCCC)cc(S(=O)(=O)O)c1.[Ca+2]. The molecule has 134 valence electrons. The van der Waals surface area contributed by atoms with Crippen LogP contribution in [-0.4, -0.2) is 75.9 Å². The van der Waals surface area contributed by atoms with Crippen LogP contribution in [0.4, 0.5) is 0 Å². The van der Waals surface area contributed by atoms with Crippen LogP contribution >= 0.6 is 0 Å². The molecule has 0 unspecified atom stereocenters. The smallest absolute Gasteiger partial charge is 0.462 e. The van der Waals surface area contributed by atoms with E-state index in [-0.39, 0.29) is 62.1 Å². The summed E-state index contributed by atoms with van der Waals surface area (Å²) in [6.07, 6.45) is 2.98. The van der Waals surface area contributed by atoms with Gasteiger partial charge in [0.1, 0.15) is 0 Å². The van der Waals surface area contributed by atoms with Gasteiger partial charge in [0, 0.05) is 0 Å². The van der Waals surface area contributed by atoms with Crippen molar-refractivity contribution in [1.29, 1.82) is 0 Å². The summed E-state index contributed by atoms with van der Waals surface area (Å²) in [6, 6.07) is 3.12. The van der Waals surface area contributed by atoms with Crippen molar-refractivity contribution in [2.75, 3.05) is 13.2 Å². The van der Waals surface area contributed by atoms with Crippen LogP contribution in [0, 0.1) is 0 Å². The van der Waals surface area contributed by atoms with Gasteiger partial charge in [-0.05, 0) is 31.0 Å². The molecule has 0 fully saturated rings. The predicted octanol–water partition coefficient (Wildman–Crippen LogP) is 2.47. The largest absolute Gasteiger partial charge is 2.00 e. The second-order valence-electron chi connectivity index (χ2n) is 5.20. The topological polar surface area (TPSA) is 107 Å². The molecule has 1 rings (SSSR count). The second kappa shape index (κ2) is 11.9. The number of ether oxygens (including phenoxy) is 2. The van der Waals surface area contributed by atoms with Crippen LogP contribution in [0.3, 0.4) is 0 Å². The number of benzene rings is 1. The summed E-state index contributed by atoms with van der Waals surface area (Å²) in [7, 11) is -4.58. The Labute approximate surface area is 177 Å². The molecule has 0 spiro atoms. The minimum absolute atomic E-state index is 0. The molecule has 0 aliphatic rings. The number of rotatable bonds is 9. The Balaban J connectivity index is 0.00000576. The van der Waals surface area contributed by atoms with E-state index in [0.29, 0.717) is 12.8 Å². The zero-order chi connectivity index (χ0) is 18.2. The van der Waals surface area contributed by atoms with Gasteiger partial charge in [-0.1, -0.05) is 26.7 Å². The number of hydrogen-bond donors (Lipinski definition) is 1. The molecule has 0 atom stereocenters. The van der Waals surface area contributed by atoms with Crippen molar-refractivity contribution >= 4 is 59.8 Å². The van der Waals surface area contributed by atoms with Crippen molar-refractivity contribution in [3.8, 4) is 0 Å². The fourth-order valence-electron chi connectivity index (χ4n) is 1.77. The minimum atomic E-state index is -4.58. The number of esters is 2. The number of carbonyl (C=O) groups excluding carboxylic acids is 2. The fourth-order valence-corrected chi connectivity index (χ4v) is 2.32. The zero-order valence-corrected chi connectivity index (χ0v) is 17.5. The Morgan fingerprint density at radius 2 is 1.32 bits per heavy atom. The summed E-state index contributed by atoms with van der Waals surface area (Å²) in [4.78, 5) is 23.4. The molecule has 1 N–H and O–H groups in total. The fraction of sp³-hybridized carbons (Fsp3) is 0.500. The van der Waals surface area contributed by atoms with Crippen LogP contribution in [0.1, 0.15) is 60.2 Å². The van der Waals surface area contributed by atoms with Crippen molar-refractivity contribution in [3.05, 3.63) is 29.3 Å². The monoisotopic (exact) mass is 398 g/mol. The van der Waals surface area contributed by atoms with Gasteiger partial charge in [0.2, 0.25) is 0 Å². The van der Waals surface area contributed by atoms with Gasteiger partial charge < -0.3 is 9.47 Å². The molecule has 0 radical (unpaired) electrons. The van der Waals surface area contributed by atoms with E-state index >= 15 is 0 Å². The molecule has 0 heterocycles. The first-order valence-corrected chi connectivity index (χ1v) is 9.20. The average Bonchev–Trinajstić information content (AvgIpc) is 2.53.